The summed E-state index contributed by atoms with van der Waals surface area (Å²) in [7, 11) is 0. The van der Waals surface area contributed by atoms with Gasteiger partial charge in [0.2, 0.25) is 0 Å². The maximum absolute atomic E-state index is 13.9. The summed E-state index contributed by atoms with van der Waals surface area (Å²) in [6.07, 6.45) is 2.93. The van der Waals surface area contributed by atoms with Crippen molar-refractivity contribution >= 4 is 46.1 Å². The first-order valence-corrected chi connectivity index (χ1v) is 13.5. The van der Waals surface area contributed by atoms with E-state index in [4.69, 9.17) is 28.3 Å². The number of hydrogen-bond donors (Lipinski definition) is 2. The predicted octanol–water partition coefficient (Wildman–Crippen LogP) is 7.62. The number of benzene rings is 3. The number of nitrogens with one attached hydrogen (secondary N) is 2. The van der Waals surface area contributed by atoms with Gasteiger partial charge in [0.15, 0.2) is 5.82 Å². The molecule has 3 aromatic carbocycles. The molecule has 0 saturated heterocycles. The fourth-order valence-corrected chi connectivity index (χ4v) is 5.56. The van der Waals surface area contributed by atoms with Gasteiger partial charge in [-0.05, 0) is 73.7 Å². The summed E-state index contributed by atoms with van der Waals surface area (Å²) in [5.41, 5.74) is 7.22. The summed E-state index contributed by atoms with van der Waals surface area (Å²) in [6, 6.07) is 23.0. The van der Waals surface area contributed by atoms with Crippen molar-refractivity contribution in [3.05, 3.63) is 105 Å². The normalized spacial score (nSPS) is 12.9. The number of anilines is 2. The minimum Gasteiger partial charge on any atom is -0.377 e. The number of aryl methyl sites for hydroxylation is 2. The van der Waals surface area contributed by atoms with E-state index in [-0.39, 0.29) is 5.91 Å². The number of para-hydroxylation sites is 1. The summed E-state index contributed by atoms with van der Waals surface area (Å²) >= 11 is 12.6. The maximum atomic E-state index is 13.9. The molecule has 0 atom stereocenters. The van der Waals surface area contributed by atoms with E-state index in [0.717, 1.165) is 75.9 Å². The van der Waals surface area contributed by atoms with Gasteiger partial charge in [-0.1, -0.05) is 59.6 Å². The number of aromatic nitrogens is 3. The molecule has 0 aliphatic carbocycles. The molecule has 6 nitrogen and oxygen atoms in total. The summed E-state index contributed by atoms with van der Waals surface area (Å²) in [5, 5.41) is 13.0. The Morgan fingerprint density at radius 1 is 0.974 bits per heavy atom. The zero-order valence-electron chi connectivity index (χ0n) is 21.0. The molecule has 0 saturated carbocycles. The van der Waals surface area contributed by atoms with Gasteiger partial charge in [0.1, 0.15) is 11.3 Å². The number of halogens is 2. The molecular formula is C30H27Cl2N5O. The van der Waals surface area contributed by atoms with Crippen LogP contribution in [0.2, 0.25) is 10.0 Å². The Balaban J connectivity index is 1.49. The van der Waals surface area contributed by atoms with Crippen molar-refractivity contribution in [2.24, 2.45) is 0 Å². The Morgan fingerprint density at radius 3 is 2.55 bits per heavy atom. The highest BCUT2D eigenvalue weighted by Gasteiger charge is 2.30. The van der Waals surface area contributed by atoms with Gasteiger partial charge < -0.3 is 15.2 Å². The molecule has 5 aromatic rings. The number of hydrogen-bond acceptors (Lipinski definition) is 3. The molecule has 0 fully saturated rings. The van der Waals surface area contributed by atoms with Crippen molar-refractivity contribution in [1.82, 2.24) is 14.2 Å². The molecule has 1 amide bonds. The van der Waals surface area contributed by atoms with Crippen molar-refractivity contribution in [1.29, 1.82) is 0 Å². The SMILES string of the molecule is Cc1c(Cl)cccc1NCc1nn2c(C(=O)Nc3ccccc3)c(-c3ccc(Cl)cc3)c3c2n1CCCC3. The average Bonchev–Trinajstić information content (AvgIpc) is 3.32. The van der Waals surface area contributed by atoms with Crippen molar-refractivity contribution in [3.63, 3.8) is 0 Å². The molecule has 3 heterocycles. The van der Waals surface area contributed by atoms with E-state index >= 15 is 0 Å². The third-order valence-electron chi connectivity index (χ3n) is 7.15. The van der Waals surface area contributed by atoms with Gasteiger partial charge in [-0.25, -0.2) is 4.52 Å². The Hall–Kier alpha value is -3.74. The number of carbonyl (C=O) groups excluding carboxylic acids is 1. The van der Waals surface area contributed by atoms with Gasteiger partial charge >= 0.3 is 0 Å². The number of rotatable bonds is 6. The molecule has 6 rings (SSSR count). The highest BCUT2D eigenvalue weighted by atomic mass is 35.5. The quantitative estimate of drug-likeness (QED) is 0.231. The molecule has 0 radical (unpaired) electrons. The third-order valence-corrected chi connectivity index (χ3v) is 7.81. The fourth-order valence-electron chi connectivity index (χ4n) is 5.26. The lowest BCUT2D eigenvalue weighted by Crippen LogP contribution is -2.16. The lowest BCUT2D eigenvalue weighted by atomic mass is 9.98. The van der Waals surface area contributed by atoms with E-state index in [9.17, 15) is 4.79 Å². The Kier molecular flexibility index (Phi) is 6.60. The lowest BCUT2D eigenvalue weighted by molar-refractivity contribution is 0.102. The highest BCUT2D eigenvalue weighted by molar-refractivity contribution is 6.31. The van der Waals surface area contributed by atoms with Crippen molar-refractivity contribution in [3.8, 4) is 11.1 Å². The van der Waals surface area contributed by atoms with E-state index in [1.807, 2.05) is 84.2 Å². The van der Waals surface area contributed by atoms with Gasteiger partial charge in [-0.15, -0.1) is 0 Å². The van der Waals surface area contributed by atoms with Crippen LogP contribution in [0.1, 0.15) is 40.3 Å². The first-order chi connectivity index (χ1) is 18.5. The minimum absolute atomic E-state index is 0.196. The van der Waals surface area contributed by atoms with Crippen molar-refractivity contribution in [2.75, 3.05) is 10.6 Å². The molecule has 38 heavy (non-hydrogen) atoms. The van der Waals surface area contributed by atoms with Gasteiger partial charge in [-0.3, -0.25) is 4.79 Å². The monoisotopic (exact) mass is 543 g/mol. The van der Waals surface area contributed by atoms with E-state index < -0.39 is 0 Å². The first-order valence-electron chi connectivity index (χ1n) is 12.8. The third kappa shape index (κ3) is 4.44. The average molecular weight is 544 g/mol. The molecular weight excluding hydrogens is 517 g/mol. The molecule has 0 spiro atoms. The predicted molar refractivity (Wildman–Crippen MR) is 154 cm³/mol. The topological polar surface area (TPSA) is 63.4 Å². The second-order valence-electron chi connectivity index (χ2n) is 9.56. The van der Waals surface area contributed by atoms with Crippen molar-refractivity contribution in [2.45, 2.75) is 39.3 Å². The van der Waals surface area contributed by atoms with Crippen LogP contribution in [0.25, 0.3) is 16.8 Å². The largest absolute Gasteiger partial charge is 0.377 e. The van der Waals surface area contributed by atoms with Crippen LogP contribution < -0.4 is 10.6 Å². The Labute approximate surface area is 231 Å². The van der Waals surface area contributed by atoms with Gasteiger partial charge in [0.25, 0.3) is 5.91 Å². The summed E-state index contributed by atoms with van der Waals surface area (Å²) in [6.45, 7) is 3.35. The van der Waals surface area contributed by atoms with Gasteiger partial charge in [0.05, 0.1) is 6.54 Å². The molecule has 2 N–H and O–H groups in total. The summed E-state index contributed by atoms with van der Waals surface area (Å²) in [5.74, 6) is 0.678. The standard InChI is InChI=1S/C30H27Cl2N5O/c1-19-24(32)11-7-12-25(19)33-18-26-35-37-28(29(38)34-22-8-3-2-4-9-22)27(20-13-15-21(31)16-14-20)23-10-5-6-17-36(26)30(23)37/h2-4,7-9,11-16,33H,5-6,10,17-18H2,1H3,(H,34,38). The zero-order valence-corrected chi connectivity index (χ0v) is 22.5. The van der Waals surface area contributed by atoms with Crippen LogP contribution in [-0.2, 0) is 19.5 Å². The number of amides is 1. The molecule has 1 aliphatic heterocycles. The summed E-state index contributed by atoms with van der Waals surface area (Å²) < 4.78 is 4.10. The Morgan fingerprint density at radius 2 is 1.76 bits per heavy atom. The fraction of sp³-hybridized carbons (Fsp3) is 0.200. The molecule has 1 aliphatic rings. The zero-order chi connectivity index (χ0) is 26.2. The molecule has 192 valence electrons. The highest BCUT2D eigenvalue weighted by Crippen LogP contribution is 2.37. The molecule has 0 bridgehead atoms. The van der Waals surface area contributed by atoms with E-state index in [0.29, 0.717) is 17.3 Å². The van der Waals surface area contributed by atoms with Crippen LogP contribution in [0.3, 0.4) is 0 Å². The van der Waals surface area contributed by atoms with Crippen molar-refractivity contribution < 1.29 is 4.79 Å². The van der Waals surface area contributed by atoms with Crippen LogP contribution in [-0.4, -0.2) is 20.1 Å². The van der Waals surface area contributed by atoms with E-state index in [1.165, 1.54) is 0 Å². The van der Waals surface area contributed by atoms with Crippen LogP contribution in [0.4, 0.5) is 11.4 Å². The van der Waals surface area contributed by atoms with Crippen LogP contribution >= 0.6 is 23.2 Å². The van der Waals surface area contributed by atoms with Crippen LogP contribution in [0.5, 0.6) is 0 Å². The lowest BCUT2D eigenvalue weighted by Gasteiger charge is -2.12. The molecule has 2 aromatic heterocycles. The van der Waals surface area contributed by atoms with Gasteiger partial charge in [-0.2, -0.15) is 5.10 Å². The minimum atomic E-state index is -0.196. The second-order valence-corrected chi connectivity index (χ2v) is 10.4. The molecule has 0 unspecified atom stereocenters. The van der Waals surface area contributed by atoms with E-state index in [1.54, 1.807) is 0 Å². The first kappa shape index (κ1) is 24.6. The smallest absolute Gasteiger partial charge is 0.275 e. The summed E-state index contributed by atoms with van der Waals surface area (Å²) in [4.78, 5) is 13.9. The Bertz CT molecular complexity index is 1640. The second kappa shape index (κ2) is 10.2. The number of carbonyl (C=O) groups is 1. The molecule has 8 heteroatoms. The van der Waals surface area contributed by atoms with Crippen LogP contribution in [0, 0.1) is 6.92 Å². The van der Waals surface area contributed by atoms with Crippen LogP contribution in [0.15, 0.2) is 72.8 Å². The number of nitrogens with zero attached hydrogens (tertiary/aromatic N) is 3. The maximum Gasteiger partial charge on any atom is 0.275 e. The van der Waals surface area contributed by atoms with Gasteiger partial charge in [0, 0.05) is 39.1 Å². The van der Waals surface area contributed by atoms with E-state index in [2.05, 4.69) is 15.2 Å².